The van der Waals surface area contributed by atoms with Crippen molar-refractivity contribution in [3.63, 3.8) is 0 Å². The fraction of sp³-hybridized carbons (Fsp3) is 0.385. The Labute approximate surface area is 190 Å². The summed E-state index contributed by atoms with van der Waals surface area (Å²) in [7, 11) is 1.59. The molecule has 2 aromatic carbocycles. The molecule has 2 rings (SSSR count). The van der Waals surface area contributed by atoms with Crippen molar-refractivity contribution in [1.82, 2.24) is 0 Å². The van der Waals surface area contributed by atoms with E-state index in [1.807, 2.05) is 25.1 Å². The Morgan fingerprint density at radius 3 is 2.44 bits per heavy atom. The van der Waals surface area contributed by atoms with Gasteiger partial charge in [-0.25, -0.2) is 4.79 Å². The van der Waals surface area contributed by atoms with E-state index >= 15 is 0 Å². The molecule has 0 saturated carbocycles. The molecule has 6 heteroatoms. The van der Waals surface area contributed by atoms with E-state index in [0.29, 0.717) is 41.9 Å². The summed E-state index contributed by atoms with van der Waals surface area (Å²) in [6.07, 6.45) is 5.92. The third kappa shape index (κ3) is 8.46. The highest BCUT2D eigenvalue weighted by molar-refractivity contribution is 6.02. The van der Waals surface area contributed by atoms with Crippen LogP contribution in [-0.4, -0.2) is 32.2 Å². The molecule has 0 unspecified atom stereocenters. The minimum absolute atomic E-state index is 0.278. The quantitative estimate of drug-likeness (QED) is 0.260. The van der Waals surface area contributed by atoms with Crippen molar-refractivity contribution in [2.45, 2.75) is 40.0 Å². The number of hydrogen-bond acceptors (Lipinski definition) is 5. The van der Waals surface area contributed by atoms with Crippen molar-refractivity contribution in [3.8, 4) is 11.5 Å². The third-order valence-electron chi connectivity index (χ3n) is 4.69. The zero-order valence-corrected chi connectivity index (χ0v) is 19.4. The molecule has 0 aromatic heterocycles. The predicted octanol–water partition coefficient (Wildman–Crippen LogP) is 5.73. The molecule has 0 aliphatic carbocycles. The summed E-state index contributed by atoms with van der Waals surface area (Å²) in [5.41, 5.74) is 1.87. The van der Waals surface area contributed by atoms with Gasteiger partial charge in [-0.05, 0) is 66.8 Å². The zero-order chi connectivity index (χ0) is 23.3. The lowest BCUT2D eigenvalue weighted by Gasteiger charge is -2.12. The normalized spacial score (nSPS) is 10.9. The number of esters is 1. The average molecular weight is 440 g/mol. The van der Waals surface area contributed by atoms with Crippen LogP contribution in [0.3, 0.4) is 0 Å². The predicted molar refractivity (Wildman–Crippen MR) is 127 cm³/mol. The van der Waals surface area contributed by atoms with E-state index in [4.69, 9.17) is 14.2 Å². The van der Waals surface area contributed by atoms with Gasteiger partial charge in [0.05, 0.1) is 25.9 Å². The number of carbonyl (C=O) groups excluding carboxylic acids is 2. The number of rotatable bonds is 12. The highest BCUT2D eigenvalue weighted by Crippen LogP contribution is 2.29. The third-order valence-corrected chi connectivity index (χ3v) is 4.69. The van der Waals surface area contributed by atoms with Crippen molar-refractivity contribution < 1.29 is 23.8 Å². The number of benzene rings is 2. The molecule has 0 aliphatic heterocycles. The van der Waals surface area contributed by atoms with Gasteiger partial charge < -0.3 is 19.5 Å². The lowest BCUT2D eigenvalue weighted by Crippen LogP contribution is -2.09. The number of unbranched alkanes of at least 4 members (excludes halogenated alkanes) is 1. The smallest absolute Gasteiger partial charge is 0.338 e. The summed E-state index contributed by atoms with van der Waals surface area (Å²) >= 11 is 0. The number of nitrogens with one attached hydrogen (secondary N) is 1. The standard InChI is InChI=1S/C26H33NO5/c1-5-6-16-32-26(29)21-9-11-22(12-10-21)27-25(28)14-8-20-7-13-23(24(18-20)30-4)31-17-15-19(2)3/h7-14,18-19H,5-6,15-17H2,1-4H3,(H,27,28)/b14-8+. The van der Waals surface area contributed by atoms with Crippen molar-refractivity contribution in [3.05, 3.63) is 59.7 Å². The van der Waals surface area contributed by atoms with Crippen LogP contribution in [0.1, 0.15) is 56.0 Å². The van der Waals surface area contributed by atoms with Crippen molar-refractivity contribution >= 4 is 23.6 Å². The van der Waals surface area contributed by atoms with Gasteiger partial charge in [0.1, 0.15) is 0 Å². The first-order chi connectivity index (χ1) is 15.4. The van der Waals surface area contributed by atoms with Gasteiger partial charge in [-0.3, -0.25) is 4.79 Å². The Morgan fingerprint density at radius 2 is 1.78 bits per heavy atom. The van der Waals surface area contributed by atoms with Gasteiger partial charge in [-0.15, -0.1) is 0 Å². The van der Waals surface area contributed by atoms with Crippen LogP contribution in [-0.2, 0) is 9.53 Å². The second-order valence-corrected chi connectivity index (χ2v) is 7.83. The summed E-state index contributed by atoms with van der Waals surface area (Å²) in [6, 6.07) is 12.2. The lowest BCUT2D eigenvalue weighted by atomic mass is 10.1. The Balaban J connectivity index is 1.92. The molecule has 1 amide bonds. The summed E-state index contributed by atoms with van der Waals surface area (Å²) in [4.78, 5) is 24.2. The summed E-state index contributed by atoms with van der Waals surface area (Å²) in [5, 5.41) is 2.78. The molecule has 2 aromatic rings. The van der Waals surface area contributed by atoms with E-state index < -0.39 is 0 Å². The van der Waals surface area contributed by atoms with Crippen LogP contribution in [0, 0.1) is 5.92 Å². The zero-order valence-electron chi connectivity index (χ0n) is 19.4. The van der Waals surface area contributed by atoms with E-state index in [-0.39, 0.29) is 11.9 Å². The molecule has 0 fully saturated rings. The first-order valence-electron chi connectivity index (χ1n) is 11.0. The Morgan fingerprint density at radius 1 is 1.03 bits per heavy atom. The maximum absolute atomic E-state index is 12.3. The fourth-order valence-electron chi connectivity index (χ4n) is 2.75. The van der Waals surface area contributed by atoms with Crippen LogP contribution < -0.4 is 14.8 Å². The number of amides is 1. The first kappa shape index (κ1) is 25.0. The first-order valence-corrected chi connectivity index (χ1v) is 11.0. The minimum atomic E-state index is -0.359. The van der Waals surface area contributed by atoms with Crippen LogP contribution >= 0.6 is 0 Å². The highest BCUT2D eigenvalue weighted by Gasteiger charge is 2.08. The van der Waals surface area contributed by atoms with Gasteiger partial charge >= 0.3 is 5.97 Å². The summed E-state index contributed by atoms with van der Waals surface area (Å²) < 4.78 is 16.4. The van der Waals surface area contributed by atoms with Gasteiger partial charge in [0.25, 0.3) is 0 Å². The largest absolute Gasteiger partial charge is 0.493 e. The molecule has 172 valence electrons. The number of anilines is 1. The minimum Gasteiger partial charge on any atom is -0.493 e. The molecule has 6 nitrogen and oxygen atoms in total. The molecule has 0 spiro atoms. The van der Waals surface area contributed by atoms with E-state index in [1.165, 1.54) is 6.08 Å². The molecular formula is C26H33NO5. The fourth-order valence-corrected chi connectivity index (χ4v) is 2.75. The molecule has 0 bridgehead atoms. The number of methoxy groups -OCH3 is 1. The van der Waals surface area contributed by atoms with Gasteiger partial charge in [0, 0.05) is 11.8 Å². The monoisotopic (exact) mass is 439 g/mol. The number of hydrogen-bond donors (Lipinski definition) is 1. The van der Waals surface area contributed by atoms with Gasteiger partial charge in [0.15, 0.2) is 11.5 Å². The molecule has 0 aliphatic rings. The van der Waals surface area contributed by atoms with Crippen LogP contribution in [0.5, 0.6) is 11.5 Å². The second kappa shape index (κ2) is 13.2. The van der Waals surface area contributed by atoms with E-state index in [9.17, 15) is 9.59 Å². The molecule has 0 saturated heterocycles. The van der Waals surface area contributed by atoms with Gasteiger partial charge in [-0.1, -0.05) is 33.3 Å². The number of ether oxygens (including phenoxy) is 3. The SMILES string of the molecule is CCCCOC(=O)c1ccc(NC(=O)/C=C/c2ccc(OCCC(C)C)c(OC)c2)cc1. The lowest BCUT2D eigenvalue weighted by molar-refractivity contribution is -0.111. The second-order valence-electron chi connectivity index (χ2n) is 7.83. The van der Waals surface area contributed by atoms with E-state index in [1.54, 1.807) is 37.5 Å². The van der Waals surface area contributed by atoms with Crippen LogP contribution in [0.25, 0.3) is 6.08 Å². The highest BCUT2D eigenvalue weighted by atomic mass is 16.5. The van der Waals surface area contributed by atoms with Crippen LogP contribution in [0.4, 0.5) is 5.69 Å². The Bertz CT molecular complexity index is 903. The van der Waals surface area contributed by atoms with E-state index in [0.717, 1.165) is 24.8 Å². The maximum atomic E-state index is 12.3. The molecule has 0 heterocycles. The topological polar surface area (TPSA) is 73.9 Å². The summed E-state index contributed by atoms with van der Waals surface area (Å²) in [5.74, 6) is 1.24. The molecular weight excluding hydrogens is 406 g/mol. The Kier molecular flexibility index (Phi) is 10.3. The van der Waals surface area contributed by atoms with Crippen molar-refractivity contribution in [2.24, 2.45) is 5.92 Å². The Hall–Kier alpha value is -3.28. The number of carbonyl (C=O) groups is 2. The molecule has 0 radical (unpaired) electrons. The van der Waals surface area contributed by atoms with Gasteiger partial charge in [0.2, 0.25) is 5.91 Å². The van der Waals surface area contributed by atoms with E-state index in [2.05, 4.69) is 19.2 Å². The average Bonchev–Trinajstić information content (AvgIpc) is 2.78. The van der Waals surface area contributed by atoms with Crippen molar-refractivity contribution in [2.75, 3.05) is 25.6 Å². The van der Waals surface area contributed by atoms with Crippen LogP contribution in [0.2, 0.25) is 0 Å². The molecule has 1 N–H and O–H groups in total. The maximum Gasteiger partial charge on any atom is 0.338 e. The molecule has 32 heavy (non-hydrogen) atoms. The summed E-state index contributed by atoms with van der Waals surface area (Å²) in [6.45, 7) is 7.37. The van der Waals surface area contributed by atoms with Gasteiger partial charge in [-0.2, -0.15) is 0 Å². The molecule has 0 atom stereocenters. The van der Waals surface area contributed by atoms with Crippen molar-refractivity contribution in [1.29, 1.82) is 0 Å². The van der Waals surface area contributed by atoms with Crippen LogP contribution in [0.15, 0.2) is 48.5 Å².